The van der Waals surface area contributed by atoms with E-state index < -0.39 is 24.8 Å². The van der Waals surface area contributed by atoms with Gasteiger partial charge >= 0.3 is 0 Å². The molecule has 1 fully saturated rings. The normalized spacial score (nSPS) is 24.1. The number of rotatable bonds is 10. The summed E-state index contributed by atoms with van der Waals surface area (Å²) in [7, 11) is 2.99. The van der Waals surface area contributed by atoms with Crippen LogP contribution in [0.1, 0.15) is 51.3 Å². The molecule has 0 amide bonds. The molecule has 4 unspecified atom stereocenters. The van der Waals surface area contributed by atoms with Crippen molar-refractivity contribution >= 4 is 6.47 Å². The zero-order valence-corrected chi connectivity index (χ0v) is 26.0. The third kappa shape index (κ3) is 8.87. The van der Waals surface area contributed by atoms with Crippen molar-refractivity contribution in [1.29, 1.82) is 0 Å². The fourth-order valence-corrected chi connectivity index (χ4v) is 5.01. The van der Waals surface area contributed by atoms with E-state index in [9.17, 15) is 20.1 Å². The van der Waals surface area contributed by atoms with Crippen LogP contribution in [0.25, 0.3) is 0 Å². The second kappa shape index (κ2) is 17.2. The molecule has 2 aliphatic heterocycles. The summed E-state index contributed by atoms with van der Waals surface area (Å²) in [6.45, 7) is 8.48. The van der Waals surface area contributed by atoms with Crippen LogP contribution in [-0.2, 0) is 34.9 Å². The van der Waals surface area contributed by atoms with Crippen molar-refractivity contribution in [1.82, 2.24) is 0 Å². The van der Waals surface area contributed by atoms with Crippen molar-refractivity contribution in [3.8, 4) is 28.7 Å². The minimum Gasteiger partial charge on any atom is -0.502 e. The van der Waals surface area contributed by atoms with E-state index in [2.05, 4.69) is 0 Å². The summed E-state index contributed by atoms with van der Waals surface area (Å²) in [4.78, 5) is 10.8. The van der Waals surface area contributed by atoms with E-state index in [-0.39, 0.29) is 44.1 Å². The SMILES string of the molecule is CC.CC1OCC(OC(O[C@@H]2c3cc4c(cc3CC[C@@H]2COC=O)OCO4)C(O)O)C(C)O1.COc1cccc(OC)c1O. The summed E-state index contributed by atoms with van der Waals surface area (Å²) in [5, 5.41) is 29.3. The van der Waals surface area contributed by atoms with Gasteiger partial charge in [0.2, 0.25) is 25.1 Å². The van der Waals surface area contributed by atoms with Gasteiger partial charge in [-0.3, -0.25) is 4.79 Å². The average Bonchev–Trinajstić information content (AvgIpc) is 3.49. The van der Waals surface area contributed by atoms with Crippen LogP contribution in [0, 0.1) is 5.92 Å². The van der Waals surface area contributed by atoms with E-state index in [1.165, 1.54) is 14.2 Å². The first-order chi connectivity index (χ1) is 21.2. The Kier molecular flexibility index (Phi) is 13.8. The number of fused-ring (bicyclic) bond motifs is 2. The van der Waals surface area contributed by atoms with E-state index in [1.807, 2.05) is 32.9 Å². The van der Waals surface area contributed by atoms with Gasteiger partial charge in [-0.1, -0.05) is 19.9 Å². The van der Waals surface area contributed by atoms with Crippen LogP contribution in [0.5, 0.6) is 28.7 Å². The molecule has 3 N–H and O–H groups in total. The molecule has 1 saturated heterocycles. The molecule has 13 heteroatoms. The van der Waals surface area contributed by atoms with E-state index in [4.69, 9.17) is 42.6 Å². The van der Waals surface area contributed by atoms with Gasteiger partial charge in [-0.15, -0.1) is 0 Å². The lowest BCUT2D eigenvalue weighted by atomic mass is 9.81. The molecule has 246 valence electrons. The molecule has 2 aromatic carbocycles. The van der Waals surface area contributed by atoms with Gasteiger partial charge in [-0.25, -0.2) is 0 Å². The topological polar surface area (TPSA) is 161 Å². The molecular weight excluding hydrogens is 580 g/mol. The Bertz CT molecular complexity index is 1150. The number of aromatic hydroxyl groups is 1. The number of para-hydroxylation sites is 1. The molecule has 0 saturated carbocycles. The highest BCUT2D eigenvalue weighted by Gasteiger charge is 2.39. The molecule has 2 aromatic rings. The van der Waals surface area contributed by atoms with E-state index in [0.29, 0.717) is 35.9 Å². The number of hydrogen-bond acceptors (Lipinski definition) is 13. The first kappa shape index (κ1) is 35.2. The highest BCUT2D eigenvalue weighted by Crippen LogP contribution is 2.45. The molecular formula is C31H44O13. The number of aryl methyl sites for hydroxylation is 1. The van der Waals surface area contributed by atoms with Gasteiger partial charge in [0.05, 0.1) is 39.6 Å². The van der Waals surface area contributed by atoms with Crippen LogP contribution in [-0.4, -0.2) is 87.1 Å². The Balaban J connectivity index is 0.000000342. The Morgan fingerprint density at radius 2 is 1.68 bits per heavy atom. The van der Waals surface area contributed by atoms with Crippen molar-refractivity contribution in [3.05, 3.63) is 41.5 Å². The number of phenols is 1. The van der Waals surface area contributed by atoms with Crippen molar-refractivity contribution in [2.45, 2.75) is 77.7 Å². The van der Waals surface area contributed by atoms with Gasteiger partial charge in [0.1, 0.15) is 6.10 Å². The van der Waals surface area contributed by atoms with Crippen molar-refractivity contribution < 1.29 is 62.7 Å². The number of carbonyl (C=O) groups is 1. The van der Waals surface area contributed by atoms with Crippen LogP contribution in [0.15, 0.2) is 30.3 Å². The average molecular weight is 625 g/mol. The largest absolute Gasteiger partial charge is 0.502 e. The molecule has 2 heterocycles. The van der Waals surface area contributed by atoms with Gasteiger partial charge in [-0.2, -0.15) is 0 Å². The molecule has 44 heavy (non-hydrogen) atoms. The lowest BCUT2D eigenvalue weighted by Gasteiger charge is -2.39. The number of ether oxygens (including phenoxy) is 9. The Morgan fingerprint density at radius 1 is 1.02 bits per heavy atom. The molecule has 0 spiro atoms. The van der Waals surface area contributed by atoms with Gasteiger partial charge in [-0.05, 0) is 62.1 Å². The third-order valence-corrected chi connectivity index (χ3v) is 7.19. The molecule has 0 aromatic heterocycles. The van der Waals surface area contributed by atoms with Gasteiger partial charge < -0.3 is 58.0 Å². The molecule has 1 aliphatic carbocycles. The molecule has 0 bridgehead atoms. The van der Waals surface area contributed by atoms with Gasteiger partial charge in [0, 0.05) is 5.92 Å². The maximum atomic E-state index is 10.8. The molecule has 6 atom stereocenters. The van der Waals surface area contributed by atoms with Crippen LogP contribution in [0.2, 0.25) is 0 Å². The van der Waals surface area contributed by atoms with E-state index >= 15 is 0 Å². The number of hydrogen-bond donors (Lipinski definition) is 3. The van der Waals surface area contributed by atoms with Crippen molar-refractivity contribution in [2.24, 2.45) is 5.92 Å². The molecule has 13 nitrogen and oxygen atoms in total. The van der Waals surface area contributed by atoms with Crippen LogP contribution in [0.3, 0.4) is 0 Å². The van der Waals surface area contributed by atoms with Crippen LogP contribution >= 0.6 is 0 Å². The monoisotopic (exact) mass is 624 g/mol. The van der Waals surface area contributed by atoms with Crippen molar-refractivity contribution in [3.63, 3.8) is 0 Å². The minimum atomic E-state index is -1.90. The van der Waals surface area contributed by atoms with Crippen LogP contribution < -0.4 is 18.9 Å². The summed E-state index contributed by atoms with van der Waals surface area (Å²) in [5.41, 5.74) is 1.80. The fourth-order valence-electron chi connectivity index (χ4n) is 5.01. The highest BCUT2D eigenvalue weighted by molar-refractivity contribution is 5.51. The van der Waals surface area contributed by atoms with Gasteiger partial charge in [0.15, 0.2) is 29.3 Å². The quantitative estimate of drug-likeness (QED) is 0.261. The second-order valence-electron chi connectivity index (χ2n) is 9.90. The van der Waals surface area contributed by atoms with Crippen molar-refractivity contribution in [2.75, 3.05) is 34.2 Å². The number of carbonyl (C=O) groups excluding carboxylic acids is 1. The predicted octanol–water partition coefficient (Wildman–Crippen LogP) is 3.45. The van der Waals surface area contributed by atoms with Crippen LogP contribution in [0.4, 0.5) is 0 Å². The summed E-state index contributed by atoms with van der Waals surface area (Å²) in [6.07, 6.45) is -3.74. The maximum Gasteiger partial charge on any atom is 0.293 e. The Hall–Kier alpha value is -3.33. The first-order valence-corrected chi connectivity index (χ1v) is 14.6. The lowest BCUT2D eigenvalue weighted by molar-refractivity contribution is -0.330. The summed E-state index contributed by atoms with van der Waals surface area (Å²) < 4.78 is 48.7. The van der Waals surface area contributed by atoms with E-state index in [0.717, 1.165) is 17.5 Å². The Labute approximate surface area is 257 Å². The summed E-state index contributed by atoms with van der Waals surface area (Å²) in [6, 6.07) is 8.81. The number of aliphatic hydroxyl groups excluding tert-OH is 1. The molecule has 5 rings (SSSR count). The minimum absolute atomic E-state index is 0.0394. The first-order valence-electron chi connectivity index (χ1n) is 14.6. The summed E-state index contributed by atoms with van der Waals surface area (Å²) in [5.74, 6) is 1.92. The number of benzene rings is 2. The number of aliphatic hydroxyl groups is 2. The fraction of sp³-hybridized carbons (Fsp3) is 0.581. The Morgan fingerprint density at radius 3 is 2.27 bits per heavy atom. The second-order valence-corrected chi connectivity index (χ2v) is 9.90. The lowest BCUT2D eigenvalue weighted by Crippen LogP contribution is -2.47. The number of methoxy groups -OCH3 is 2. The summed E-state index contributed by atoms with van der Waals surface area (Å²) >= 11 is 0. The zero-order chi connectivity index (χ0) is 32.2. The standard InChI is InChI=1S/C21H28O10.C8H10O3.C2H6/c1-11-18(8-26-12(2)29-11)30-21(20(23)24)31-19-14(7-25-9-22)4-3-13-5-16-17(6-15(13)19)28-10-27-16;1-10-6-4-3-5-7(11-2)8(6)9;1-2/h5-6,9,11-12,14,18-21,23-24H,3-4,7-8,10H2,1-2H3;3-5,9H,1-2H3;1-2H3/t11?,12?,14-,18?,19+,21?;;/m1../s1. The zero-order valence-electron chi connectivity index (χ0n) is 26.0. The highest BCUT2D eigenvalue weighted by atomic mass is 16.8. The number of phenolic OH excluding ortho intramolecular Hbond substituents is 1. The van der Waals surface area contributed by atoms with Gasteiger partial charge in [0.25, 0.3) is 6.47 Å². The molecule has 3 aliphatic rings. The van der Waals surface area contributed by atoms with E-state index in [1.54, 1.807) is 25.1 Å². The molecule has 0 radical (unpaired) electrons. The smallest absolute Gasteiger partial charge is 0.293 e. The third-order valence-electron chi connectivity index (χ3n) is 7.19. The maximum absolute atomic E-state index is 10.8. The predicted molar refractivity (Wildman–Crippen MR) is 156 cm³/mol.